The van der Waals surface area contributed by atoms with E-state index in [-0.39, 0.29) is 0 Å². The average Bonchev–Trinajstić information content (AvgIpc) is 2.56. The maximum absolute atomic E-state index is 4.55. The van der Waals surface area contributed by atoms with E-state index >= 15 is 0 Å². The van der Waals surface area contributed by atoms with Crippen molar-refractivity contribution >= 4 is 5.95 Å². The fraction of sp³-hybridized carbons (Fsp3) is 0.0625. The van der Waals surface area contributed by atoms with Gasteiger partial charge < -0.3 is 5.32 Å². The summed E-state index contributed by atoms with van der Waals surface area (Å²) in [6.07, 6.45) is 0. The van der Waals surface area contributed by atoms with Gasteiger partial charge in [0.25, 0.3) is 0 Å². The minimum absolute atomic E-state index is 0.517. The van der Waals surface area contributed by atoms with Crippen LogP contribution in [0.5, 0.6) is 0 Å². The second-order valence-electron chi connectivity index (χ2n) is 4.31. The first-order valence-corrected chi connectivity index (χ1v) is 6.42. The van der Waals surface area contributed by atoms with Crippen LogP contribution in [0.4, 0.5) is 5.95 Å². The van der Waals surface area contributed by atoms with Gasteiger partial charge in [0.15, 0.2) is 0 Å². The van der Waals surface area contributed by atoms with E-state index in [1.807, 2.05) is 60.7 Å². The Hall–Kier alpha value is -2.75. The Morgan fingerprint density at radius 1 is 0.700 bits per heavy atom. The molecule has 0 atom stereocenters. The highest BCUT2D eigenvalue weighted by molar-refractivity contribution is 5.77. The number of rotatable bonds is 3. The number of aromatic nitrogens is 3. The van der Waals surface area contributed by atoms with E-state index in [9.17, 15) is 0 Å². The lowest BCUT2D eigenvalue weighted by molar-refractivity contribution is 0.984. The number of anilines is 1. The van der Waals surface area contributed by atoms with E-state index in [0.29, 0.717) is 5.95 Å². The largest absolute Gasteiger partial charge is 0.356 e. The summed E-state index contributed by atoms with van der Waals surface area (Å²) in [4.78, 5) is 4.55. The van der Waals surface area contributed by atoms with Gasteiger partial charge in [0, 0.05) is 18.2 Å². The van der Waals surface area contributed by atoms with Gasteiger partial charge in [0.05, 0.1) is 0 Å². The summed E-state index contributed by atoms with van der Waals surface area (Å²) in [6, 6.07) is 20.0. The van der Waals surface area contributed by atoms with Crippen LogP contribution >= 0.6 is 0 Å². The molecule has 0 saturated carbocycles. The van der Waals surface area contributed by atoms with Gasteiger partial charge in [0.1, 0.15) is 11.4 Å². The van der Waals surface area contributed by atoms with Crippen molar-refractivity contribution in [2.24, 2.45) is 0 Å². The molecule has 0 radical (unpaired) electrons. The fourth-order valence-corrected chi connectivity index (χ4v) is 2.02. The van der Waals surface area contributed by atoms with Gasteiger partial charge >= 0.3 is 0 Å². The number of hydrogen-bond acceptors (Lipinski definition) is 4. The maximum Gasteiger partial charge on any atom is 0.243 e. The molecule has 0 spiro atoms. The van der Waals surface area contributed by atoms with Crippen LogP contribution in [-0.2, 0) is 0 Å². The molecule has 1 N–H and O–H groups in total. The van der Waals surface area contributed by atoms with Crippen molar-refractivity contribution in [1.82, 2.24) is 15.2 Å². The molecule has 4 heteroatoms. The summed E-state index contributed by atoms with van der Waals surface area (Å²) in [5.41, 5.74) is 3.65. The van der Waals surface area contributed by atoms with Crippen LogP contribution in [0.1, 0.15) is 0 Å². The molecule has 0 aliphatic rings. The van der Waals surface area contributed by atoms with Crippen molar-refractivity contribution in [2.75, 3.05) is 12.4 Å². The quantitative estimate of drug-likeness (QED) is 0.787. The van der Waals surface area contributed by atoms with Gasteiger partial charge in [-0.3, -0.25) is 0 Å². The molecule has 0 aliphatic heterocycles. The van der Waals surface area contributed by atoms with Gasteiger partial charge in [-0.1, -0.05) is 60.7 Å². The van der Waals surface area contributed by atoms with Crippen molar-refractivity contribution in [2.45, 2.75) is 0 Å². The van der Waals surface area contributed by atoms with Gasteiger partial charge in [-0.2, -0.15) is 0 Å². The Morgan fingerprint density at radius 3 is 1.80 bits per heavy atom. The molecule has 98 valence electrons. The van der Waals surface area contributed by atoms with Crippen LogP contribution in [0.3, 0.4) is 0 Å². The number of nitrogens with one attached hydrogen (secondary N) is 1. The summed E-state index contributed by atoms with van der Waals surface area (Å²) < 4.78 is 0. The zero-order valence-corrected chi connectivity index (χ0v) is 11.1. The first kappa shape index (κ1) is 12.3. The second-order valence-corrected chi connectivity index (χ2v) is 4.31. The molecule has 0 bridgehead atoms. The summed E-state index contributed by atoms with van der Waals surface area (Å²) >= 11 is 0. The second kappa shape index (κ2) is 5.48. The summed E-state index contributed by atoms with van der Waals surface area (Å²) in [7, 11) is 1.79. The van der Waals surface area contributed by atoms with E-state index in [1.54, 1.807) is 7.05 Å². The standard InChI is InChI=1S/C16H14N4/c1-17-16-18-14(12-8-4-2-5-9-12)15(19-20-16)13-10-6-3-7-11-13/h2-11H,1H3,(H,17,18,20). The Balaban J connectivity index is 2.20. The van der Waals surface area contributed by atoms with Crippen molar-refractivity contribution in [1.29, 1.82) is 0 Å². The van der Waals surface area contributed by atoms with E-state index in [4.69, 9.17) is 0 Å². The lowest BCUT2D eigenvalue weighted by Gasteiger charge is -2.09. The van der Waals surface area contributed by atoms with Gasteiger partial charge in [0.2, 0.25) is 5.95 Å². The van der Waals surface area contributed by atoms with Crippen LogP contribution in [-0.4, -0.2) is 22.2 Å². The Kier molecular flexibility index (Phi) is 3.37. The van der Waals surface area contributed by atoms with Crippen LogP contribution in [0.25, 0.3) is 22.5 Å². The van der Waals surface area contributed by atoms with Gasteiger partial charge in [-0.25, -0.2) is 4.98 Å². The zero-order valence-electron chi connectivity index (χ0n) is 11.1. The van der Waals surface area contributed by atoms with Gasteiger partial charge in [-0.05, 0) is 0 Å². The molecule has 0 saturated heterocycles. The van der Waals surface area contributed by atoms with Crippen molar-refractivity contribution in [3.05, 3.63) is 60.7 Å². The van der Waals surface area contributed by atoms with Crippen molar-refractivity contribution in [3.8, 4) is 22.5 Å². The van der Waals surface area contributed by atoms with Gasteiger partial charge in [-0.15, -0.1) is 10.2 Å². The van der Waals surface area contributed by atoms with Crippen LogP contribution in [0, 0.1) is 0 Å². The molecule has 1 aromatic heterocycles. The zero-order chi connectivity index (χ0) is 13.8. The monoisotopic (exact) mass is 262 g/mol. The topological polar surface area (TPSA) is 50.7 Å². The average molecular weight is 262 g/mol. The molecule has 0 fully saturated rings. The molecule has 20 heavy (non-hydrogen) atoms. The lowest BCUT2D eigenvalue weighted by atomic mass is 10.0. The SMILES string of the molecule is CNc1nnc(-c2ccccc2)c(-c2ccccc2)n1. The smallest absolute Gasteiger partial charge is 0.243 e. The number of hydrogen-bond donors (Lipinski definition) is 1. The third-order valence-corrected chi connectivity index (χ3v) is 3.00. The molecular weight excluding hydrogens is 248 g/mol. The molecule has 3 rings (SSSR count). The minimum atomic E-state index is 0.517. The normalized spacial score (nSPS) is 10.2. The van der Waals surface area contributed by atoms with E-state index in [1.165, 1.54) is 0 Å². The summed E-state index contributed by atoms with van der Waals surface area (Å²) in [5, 5.41) is 11.3. The molecule has 0 aliphatic carbocycles. The predicted molar refractivity (Wildman–Crippen MR) is 80.2 cm³/mol. The van der Waals surface area contributed by atoms with Crippen LogP contribution in [0.15, 0.2) is 60.7 Å². The summed E-state index contributed by atoms with van der Waals surface area (Å²) in [5.74, 6) is 0.517. The van der Waals surface area contributed by atoms with Crippen LogP contribution in [0.2, 0.25) is 0 Å². The highest BCUT2D eigenvalue weighted by Crippen LogP contribution is 2.28. The minimum Gasteiger partial charge on any atom is -0.356 e. The highest BCUT2D eigenvalue weighted by atomic mass is 15.2. The van der Waals surface area contributed by atoms with E-state index in [2.05, 4.69) is 20.5 Å². The Morgan fingerprint density at radius 2 is 1.25 bits per heavy atom. The Bertz CT molecular complexity index is 696. The predicted octanol–water partition coefficient (Wildman–Crippen LogP) is 3.25. The maximum atomic E-state index is 4.55. The third-order valence-electron chi connectivity index (χ3n) is 3.00. The first-order chi connectivity index (χ1) is 9.88. The molecule has 0 unspecified atom stereocenters. The first-order valence-electron chi connectivity index (χ1n) is 6.42. The molecule has 4 nitrogen and oxygen atoms in total. The summed E-state index contributed by atoms with van der Waals surface area (Å²) in [6.45, 7) is 0. The Labute approximate surface area is 117 Å². The highest BCUT2D eigenvalue weighted by Gasteiger charge is 2.12. The fourth-order valence-electron chi connectivity index (χ4n) is 2.02. The van der Waals surface area contributed by atoms with Crippen molar-refractivity contribution in [3.63, 3.8) is 0 Å². The van der Waals surface area contributed by atoms with Crippen LogP contribution < -0.4 is 5.32 Å². The molecule has 2 aromatic carbocycles. The molecule has 3 aromatic rings. The van der Waals surface area contributed by atoms with Crippen molar-refractivity contribution < 1.29 is 0 Å². The van der Waals surface area contributed by atoms with E-state index < -0.39 is 0 Å². The third kappa shape index (κ3) is 2.36. The number of nitrogens with zero attached hydrogens (tertiary/aromatic N) is 3. The van der Waals surface area contributed by atoms with E-state index in [0.717, 1.165) is 22.5 Å². The molecule has 0 amide bonds. The molecule has 1 heterocycles. The lowest BCUT2D eigenvalue weighted by Crippen LogP contribution is -2.02. The molecular formula is C16H14N4. The number of benzene rings is 2.